The molecule has 3 aromatic carbocycles. The number of hydrogen-bond acceptors (Lipinski definition) is 8. The predicted octanol–water partition coefficient (Wildman–Crippen LogP) is 3.29. The van der Waals surface area contributed by atoms with E-state index in [1.165, 1.54) is 38.6 Å². The van der Waals surface area contributed by atoms with Crippen LogP contribution in [0.2, 0.25) is 5.02 Å². The van der Waals surface area contributed by atoms with Gasteiger partial charge in [0, 0.05) is 0 Å². The van der Waals surface area contributed by atoms with Gasteiger partial charge >= 0.3 is 0 Å². The number of para-hydroxylation sites is 2. The van der Waals surface area contributed by atoms with Gasteiger partial charge in [-0.2, -0.15) is 5.10 Å². The molecule has 0 aromatic heterocycles. The van der Waals surface area contributed by atoms with Crippen LogP contribution in [-0.2, 0) is 19.6 Å². The van der Waals surface area contributed by atoms with Crippen LogP contribution in [0.3, 0.4) is 0 Å². The average molecular weight is 575 g/mol. The van der Waals surface area contributed by atoms with Crippen LogP contribution in [0.25, 0.3) is 0 Å². The number of carbonyl (C=O) groups excluding carboxylic acids is 2. The summed E-state index contributed by atoms with van der Waals surface area (Å²) in [6, 6.07) is 18.0. The quantitative estimate of drug-likeness (QED) is 0.250. The SMILES string of the molecule is COc1ccc(N(CC(=O)N/N=C\c2ccc(OCC(=O)Nc3ccccc3OC)cc2)S(C)(=O)=O)cc1Cl. The third-order valence-electron chi connectivity index (χ3n) is 5.14. The summed E-state index contributed by atoms with van der Waals surface area (Å²) in [5.74, 6) is 0.344. The number of amides is 2. The van der Waals surface area contributed by atoms with Crippen molar-refractivity contribution in [3.05, 3.63) is 77.3 Å². The van der Waals surface area contributed by atoms with Crippen LogP contribution in [0.5, 0.6) is 17.2 Å². The lowest BCUT2D eigenvalue weighted by atomic mass is 10.2. The smallest absolute Gasteiger partial charge is 0.262 e. The Morgan fingerprint density at radius 2 is 1.67 bits per heavy atom. The van der Waals surface area contributed by atoms with Crippen molar-refractivity contribution in [1.82, 2.24) is 5.43 Å². The van der Waals surface area contributed by atoms with E-state index in [1.807, 2.05) is 0 Å². The molecule has 0 saturated carbocycles. The van der Waals surface area contributed by atoms with Crippen molar-refractivity contribution in [2.45, 2.75) is 0 Å². The standard InChI is InChI=1S/C26H27ClN4O7S/c1-36-23-13-10-19(14-21(23)27)31(39(3,34)35)16-25(32)30-28-15-18-8-11-20(12-9-18)38-17-26(33)29-22-6-4-5-7-24(22)37-2/h4-15H,16-17H2,1-3H3,(H,29,33)(H,30,32)/b28-15-. The second-order valence-corrected chi connectivity index (χ2v) is 10.3. The van der Waals surface area contributed by atoms with E-state index in [0.717, 1.165) is 10.6 Å². The maximum atomic E-state index is 12.4. The molecule has 0 saturated heterocycles. The molecule has 2 amide bonds. The second kappa shape index (κ2) is 13.5. The fourth-order valence-electron chi connectivity index (χ4n) is 3.29. The molecule has 0 aliphatic rings. The normalized spacial score (nSPS) is 11.1. The molecule has 13 heteroatoms. The Balaban J connectivity index is 1.52. The van der Waals surface area contributed by atoms with Crippen LogP contribution in [-0.4, -0.2) is 60.1 Å². The lowest BCUT2D eigenvalue weighted by Crippen LogP contribution is -2.39. The van der Waals surface area contributed by atoms with E-state index in [0.29, 0.717) is 28.5 Å². The molecule has 0 aliphatic heterocycles. The highest BCUT2D eigenvalue weighted by atomic mass is 35.5. The summed E-state index contributed by atoms with van der Waals surface area (Å²) in [7, 11) is -0.842. The molecule has 0 bridgehead atoms. The van der Waals surface area contributed by atoms with Crippen LogP contribution in [0, 0.1) is 0 Å². The molecular formula is C26H27ClN4O7S. The first kappa shape index (κ1) is 29.3. The molecular weight excluding hydrogens is 548 g/mol. The lowest BCUT2D eigenvalue weighted by molar-refractivity contribution is -0.119. The minimum absolute atomic E-state index is 0.201. The highest BCUT2D eigenvalue weighted by Gasteiger charge is 2.21. The van der Waals surface area contributed by atoms with Gasteiger partial charge < -0.3 is 19.5 Å². The Bertz CT molecular complexity index is 1450. The summed E-state index contributed by atoms with van der Waals surface area (Å²) in [5.41, 5.74) is 3.67. The molecule has 0 radical (unpaired) electrons. The van der Waals surface area contributed by atoms with E-state index in [1.54, 1.807) is 48.5 Å². The summed E-state index contributed by atoms with van der Waals surface area (Å²) in [4.78, 5) is 24.6. The summed E-state index contributed by atoms with van der Waals surface area (Å²) in [6.45, 7) is -0.722. The van der Waals surface area contributed by atoms with Gasteiger partial charge in [-0.05, 0) is 60.2 Å². The Hall–Kier alpha value is -4.29. The fourth-order valence-corrected chi connectivity index (χ4v) is 4.39. The molecule has 0 spiro atoms. The van der Waals surface area contributed by atoms with Crippen LogP contribution in [0.4, 0.5) is 11.4 Å². The monoisotopic (exact) mass is 574 g/mol. The van der Waals surface area contributed by atoms with Crippen molar-refractivity contribution >= 4 is 51.0 Å². The number of methoxy groups -OCH3 is 2. The second-order valence-electron chi connectivity index (χ2n) is 7.99. The summed E-state index contributed by atoms with van der Waals surface area (Å²) in [5, 5.41) is 6.79. The molecule has 0 heterocycles. The molecule has 0 aliphatic carbocycles. The number of hydrogen-bond donors (Lipinski definition) is 2. The molecule has 0 atom stereocenters. The van der Waals surface area contributed by atoms with E-state index < -0.39 is 22.5 Å². The van der Waals surface area contributed by atoms with E-state index >= 15 is 0 Å². The van der Waals surface area contributed by atoms with E-state index in [4.69, 9.17) is 25.8 Å². The zero-order chi connectivity index (χ0) is 28.4. The van der Waals surface area contributed by atoms with Crippen molar-refractivity contribution in [2.75, 3.05) is 43.2 Å². The van der Waals surface area contributed by atoms with Gasteiger partial charge in [0.05, 0.1) is 43.1 Å². The van der Waals surface area contributed by atoms with Gasteiger partial charge in [0.1, 0.15) is 23.8 Å². The van der Waals surface area contributed by atoms with Gasteiger partial charge in [0.15, 0.2) is 6.61 Å². The summed E-state index contributed by atoms with van der Waals surface area (Å²) in [6.07, 6.45) is 2.36. The van der Waals surface area contributed by atoms with Gasteiger partial charge in [-0.15, -0.1) is 0 Å². The zero-order valence-corrected chi connectivity index (χ0v) is 23.0. The van der Waals surface area contributed by atoms with Crippen LogP contribution in [0.15, 0.2) is 71.8 Å². The average Bonchev–Trinajstić information content (AvgIpc) is 2.91. The van der Waals surface area contributed by atoms with E-state index in [-0.39, 0.29) is 23.2 Å². The number of ether oxygens (including phenoxy) is 3. The number of sulfonamides is 1. The number of nitrogens with one attached hydrogen (secondary N) is 2. The molecule has 2 N–H and O–H groups in total. The number of rotatable bonds is 12. The Morgan fingerprint density at radius 1 is 0.974 bits per heavy atom. The number of nitrogens with zero attached hydrogens (tertiary/aromatic N) is 2. The molecule has 0 fully saturated rings. The molecule has 0 unspecified atom stereocenters. The van der Waals surface area contributed by atoms with E-state index in [9.17, 15) is 18.0 Å². The predicted molar refractivity (Wildman–Crippen MR) is 149 cm³/mol. The number of anilines is 2. The van der Waals surface area contributed by atoms with E-state index in [2.05, 4.69) is 15.8 Å². The van der Waals surface area contributed by atoms with Gasteiger partial charge in [0.25, 0.3) is 11.8 Å². The highest BCUT2D eigenvalue weighted by Crippen LogP contribution is 2.30. The van der Waals surface area contributed by atoms with Crippen molar-refractivity contribution < 1.29 is 32.2 Å². The van der Waals surface area contributed by atoms with Gasteiger partial charge in [-0.25, -0.2) is 13.8 Å². The number of benzene rings is 3. The van der Waals surface area contributed by atoms with Gasteiger partial charge in [-0.3, -0.25) is 13.9 Å². The molecule has 39 heavy (non-hydrogen) atoms. The van der Waals surface area contributed by atoms with Crippen molar-refractivity contribution in [3.8, 4) is 17.2 Å². The Labute approximate surface area is 231 Å². The first-order chi connectivity index (χ1) is 18.6. The third-order valence-corrected chi connectivity index (χ3v) is 6.58. The molecule has 206 valence electrons. The maximum absolute atomic E-state index is 12.4. The van der Waals surface area contributed by atoms with Crippen LogP contribution in [0.1, 0.15) is 5.56 Å². The topological polar surface area (TPSA) is 136 Å². The Kier molecular flexibility index (Phi) is 10.1. The van der Waals surface area contributed by atoms with Crippen molar-refractivity contribution in [2.24, 2.45) is 5.10 Å². The highest BCUT2D eigenvalue weighted by molar-refractivity contribution is 7.92. The summed E-state index contributed by atoms with van der Waals surface area (Å²) >= 11 is 6.10. The number of hydrazone groups is 1. The molecule has 3 rings (SSSR count). The maximum Gasteiger partial charge on any atom is 0.262 e. The number of carbonyl (C=O) groups is 2. The lowest BCUT2D eigenvalue weighted by Gasteiger charge is -2.21. The molecule has 11 nitrogen and oxygen atoms in total. The molecule has 3 aromatic rings. The third kappa shape index (κ3) is 8.62. The van der Waals surface area contributed by atoms with Crippen molar-refractivity contribution in [1.29, 1.82) is 0 Å². The summed E-state index contributed by atoms with van der Waals surface area (Å²) < 4.78 is 41.2. The van der Waals surface area contributed by atoms with Crippen molar-refractivity contribution in [3.63, 3.8) is 0 Å². The minimum Gasteiger partial charge on any atom is -0.495 e. The Morgan fingerprint density at radius 3 is 2.31 bits per heavy atom. The zero-order valence-electron chi connectivity index (χ0n) is 21.4. The first-order valence-corrected chi connectivity index (χ1v) is 13.6. The first-order valence-electron chi connectivity index (χ1n) is 11.4. The fraction of sp³-hybridized carbons (Fsp3) is 0.192. The van der Waals surface area contributed by atoms with Gasteiger partial charge in [0.2, 0.25) is 10.0 Å². The van der Waals surface area contributed by atoms with Gasteiger partial charge in [-0.1, -0.05) is 23.7 Å². The minimum atomic E-state index is -3.79. The largest absolute Gasteiger partial charge is 0.495 e. The van der Waals surface area contributed by atoms with Crippen LogP contribution < -0.4 is 29.3 Å². The van der Waals surface area contributed by atoms with Crippen LogP contribution >= 0.6 is 11.6 Å². The number of halogens is 1.